The van der Waals surface area contributed by atoms with E-state index in [0.29, 0.717) is 6.54 Å². The van der Waals surface area contributed by atoms with Crippen LogP contribution in [0.1, 0.15) is 0 Å². The van der Waals surface area contributed by atoms with Crippen molar-refractivity contribution < 1.29 is 9.47 Å². The van der Waals surface area contributed by atoms with Crippen molar-refractivity contribution in [3.8, 4) is 17.6 Å². The lowest BCUT2D eigenvalue weighted by Gasteiger charge is -2.35. The Kier molecular flexibility index (Phi) is 4.48. The average molecular weight is 261 g/mol. The van der Waals surface area contributed by atoms with Gasteiger partial charge in [0.05, 0.1) is 32.5 Å². The van der Waals surface area contributed by atoms with Gasteiger partial charge in [-0.1, -0.05) is 0 Å². The molecule has 0 radical (unpaired) electrons. The number of nitrogens with zero attached hydrogens (tertiary/aromatic N) is 3. The van der Waals surface area contributed by atoms with Crippen LogP contribution in [0.4, 0.5) is 5.69 Å². The number of nitriles is 1. The van der Waals surface area contributed by atoms with Crippen LogP contribution in [0.15, 0.2) is 18.2 Å². The van der Waals surface area contributed by atoms with Crippen LogP contribution in [0.2, 0.25) is 0 Å². The third-order valence-electron chi connectivity index (χ3n) is 3.39. The predicted molar refractivity (Wildman–Crippen MR) is 73.8 cm³/mol. The number of hydrogen-bond donors (Lipinski definition) is 0. The Morgan fingerprint density at radius 2 is 1.89 bits per heavy atom. The van der Waals surface area contributed by atoms with Gasteiger partial charge in [-0.15, -0.1) is 0 Å². The van der Waals surface area contributed by atoms with Gasteiger partial charge in [0.15, 0.2) is 0 Å². The number of hydrogen-bond acceptors (Lipinski definition) is 5. The first kappa shape index (κ1) is 13.5. The third-order valence-corrected chi connectivity index (χ3v) is 3.39. The Hall–Kier alpha value is -1.93. The van der Waals surface area contributed by atoms with Gasteiger partial charge in [-0.25, -0.2) is 0 Å². The third kappa shape index (κ3) is 3.09. The summed E-state index contributed by atoms with van der Waals surface area (Å²) in [5, 5.41) is 8.70. The summed E-state index contributed by atoms with van der Waals surface area (Å²) in [7, 11) is 3.32. The summed E-state index contributed by atoms with van der Waals surface area (Å²) < 4.78 is 10.6. The van der Waals surface area contributed by atoms with Crippen LogP contribution in [0, 0.1) is 11.3 Å². The van der Waals surface area contributed by atoms with Crippen molar-refractivity contribution in [3.05, 3.63) is 18.2 Å². The molecule has 0 aromatic heterocycles. The SMILES string of the molecule is COc1ccc(N2CCN(CC#N)CC2)c(OC)c1. The molecule has 1 aromatic rings. The van der Waals surface area contributed by atoms with Crippen molar-refractivity contribution in [2.24, 2.45) is 0 Å². The minimum atomic E-state index is 0.508. The molecule has 0 N–H and O–H groups in total. The van der Waals surface area contributed by atoms with Gasteiger partial charge in [0.25, 0.3) is 0 Å². The maximum Gasteiger partial charge on any atom is 0.145 e. The molecule has 0 bridgehead atoms. The second kappa shape index (κ2) is 6.30. The normalized spacial score (nSPS) is 15.9. The lowest BCUT2D eigenvalue weighted by molar-refractivity contribution is 0.285. The van der Waals surface area contributed by atoms with E-state index in [2.05, 4.69) is 15.9 Å². The largest absolute Gasteiger partial charge is 0.497 e. The predicted octanol–water partition coefficient (Wildman–Crippen LogP) is 1.35. The molecule has 0 amide bonds. The minimum absolute atomic E-state index is 0.508. The van der Waals surface area contributed by atoms with E-state index >= 15 is 0 Å². The maximum absolute atomic E-state index is 8.70. The Bertz CT molecular complexity index is 462. The molecule has 1 aliphatic rings. The lowest BCUT2D eigenvalue weighted by Crippen LogP contribution is -2.46. The number of rotatable bonds is 4. The van der Waals surface area contributed by atoms with Crippen molar-refractivity contribution in [1.29, 1.82) is 5.26 Å². The van der Waals surface area contributed by atoms with Crippen molar-refractivity contribution >= 4 is 5.69 Å². The van der Waals surface area contributed by atoms with Gasteiger partial charge in [-0.05, 0) is 12.1 Å². The minimum Gasteiger partial charge on any atom is -0.497 e. The maximum atomic E-state index is 8.70. The van der Waals surface area contributed by atoms with Crippen molar-refractivity contribution in [1.82, 2.24) is 4.90 Å². The fourth-order valence-corrected chi connectivity index (χ4v) is 2.29. The molecule has 0 spiro atoms. The fourth-order valence-electron chi connectivity index (χ4n) is 2.29. The first-order valence-corrected chi connectivity index (χ1v) is 6.34. The molecule has 0 atom stereocenters. The Balaban J connectivity index is 2.09. The van der Waals surface area contributed by atoms with Gasteiger partial charge in [0.1, 0.15) is 11.5 Å². The second-order valence-corrected chi connectivity index (χ2v) is 4.46. The standard InChI is InChI=1S/C14H19N3O2/c1-18-12-3-4-13(14(11-12)19-2)17-9-7-16(6-5-15)8-10-17/h3-4,11H,6-10H2,1-2H3. The van der Waals surface area contributed by atoms with Gasteiger partial charge in [0.2, 0.25) is 0 Å². The molecule has 5 nitrogen and oxygen atoms in total. The monoisotopic (exact) mass is 261 g/mol. The van der Waals surface area contributed by atoms with E-state index in [0.717, 1.165) is 43.4 Å². The van der Waals surface area contributed by atoms with Crippen LogP contribution < -0.4 is 14.4 Å². The molecule has 1 aliphatic heterocycles. The molecular weight excluding hydrogens is 242 g/mol. The molecule has 0 saturated carbocycles. The van der Waals surface area contributed by atoms with E-state index in [1.165, 1.54) is 0 Å². The summed E-state index contributed by atoms with van der Waals surface area (Å²) >= 11 is 0. The summed E-state index contributed by atoms with van der Waals surface area (Å²) in [6.07, 6.45) is 0. The smallest absolute Gasteiger partial charge is 0.145 e. The number of benzene rings is 1. The zero-order valence-electron chi connectivity index (χ0n) is 11.4. The lowest BCUT2D eigenvalue weighted by atomic mass is 10.2. The molecule has 1 heterocycles. The van der Waals surface area contributed by atoms with Crippen molar-refractivity contribution in [2.75, 3.05) is 51.8 Å². The second-order valence-electron chi connectivity index (χ2n) is 4.46. The van der Waals surface area contributed by atoms with Gasteiger partial charge in [-0.2, -0.15) is 5.26 Å². The summed E-state index contributed by atoms with van der Waals surface area (Å²) in [6, 6.07) is 8.06. The highest BCUT2D eigenvalue weighted by Gasteiger charge is 2.19. The van der Waals surface area contributed by atoms with E-state index in [4.69, 9.17) is 14.7 Å². The highest BCUT2D eigenvalue weighted by atomic mass is 16.5. The highest BCUT2D eigenvalue weighted by molar-refractivity contribution is 5.61. The summed E-state index contributed by atoms with van der Waals surface area (Å²) in [5.74, 6) is 1.62. The molecule has 19 heavy (non-hydrogen) atoms. The molecule has 1 saturated heterocycles. The van der Waals surface area contributed by atoms with Crippen LogP contribution in [0.3, 0.4) is 0 Å². The molecule has 1 fully saturated rings. The molecule has 0 unspecified atom stereocenters. The number of methoxy groups -OCH3 is 2. The number of piperazine rings is 1. The molecule has 2 rings (SSSR count). The first-order valence-electron chi connectivity index (χ1n) is 6.34. The summed E-state index contributed by atoms with van der Waals surface area (Å²) in [6.45, 7) is 4.13. The topological polar surface area (TPSA) is 48.7 Å². The summed E-state index contributed by atoms with van der Waals surface area (Å²) in [5.41, 5.74) is 1.08. The zero-order valence-corrected chi connectivity index (χ0v) is 11.4. The van der Waals surface area contributed by atoms with Crippen LogP contribution >= 0.6 is 0 Å². The van der Waals surface area contributed by atoms with Gasteiger partial charge in [0, 0.05) is 32.2 Å². The van der Waals surface area contributed by atoms with Crippen molar-refractivity contribution in [2.45, 2.75) is 0 Å². The van der Waals surface area contributed by atoms with E-state index in [9.17, 15) is 0 Å². The van der Waals surface area contributed by atoms with Gasteiger partial charge in [-0.3, -0.25) is 4.90 Å². The molecule has 102 valence electrons. The first-order chi connectivity index (χ1) is 9.28. The van der Waals surface area contributed by atoms with Gasteiger partial charge < -0.3 is 14.4 Å². The van der Waals surface area contributed by atoms with E-state index < -0.39 is 0 Å². The zero-order chi connectivity index (χ0) is 13.7. The van der Waals surface area contributed by atoms with Crippen molar-refractivity contribution in [3.63, 3.8) is 0 Å². The molecule has 5 heteroatoms. The van der Waals surface area contributed by atoms with E-state index in [1.54, 1.807) is 14.2 Å². The Morgan fingerprint density at radius 3 is 2.47 bits per heavy atom. The Labute approximate surface area is 113 Å². The molecular formula is C14H19N3O2. The Morgan fingerprint density at radius 1 is 1.16 bits per heavy atom. The van der Waals surface area contributed by atoms with Gasteiger partial charge >= 0.3 is 0 Å². The van der Waals surface area contributed by atoms with E-state index in [-0.39, 0.29) is 0 Å². The van der Waals surface area contributed by atoms with Crippen LogP contribution in [-0.2, 0) is 0 Å². The highest BCUT2D eigenvalue weighted by Crippen LogP contribution is 2.32. The summed E-state index contributed by atoms with van der Waals surface area (Å²) in [4.78, 5) is 4.44. The van der Waals surface area contributed by atoms with Crippen LogP contribution in [-0.4, -0.2) is 51.8 Å². The number of ether oxygens (including phenoxy) is 2. The molecule has 0 aliphatic carbocycles. The van der Waals surface area contributed by atoms with Crippen LogP contribution in [0.5, 0.6) is 11.5 Å². The fraction of sp³-hybridized carbons (Fsp3) is 0.500. The number of anilines is 1. The van der Waals surface area contributed by atoms with E-state index in [1.807, 2.05) is 18.2 Å². The average Bonchev–Trinajstić information content (AvgIpc) is 2.48. The quantitative estimate of drug-likeness (QED) is 0.766. The van der Waals surface area contributed by atoms with Crippen LogP contribution in [0.25, 0.3) is 0 Å². The molecule has 1 aromatic carbocycles.